The second kappa shape index (κ2) is 7.00. The summed E-state index contributed by atoms with van der Waals surface area (Å²) in [7, 11) is 0. The number of nitrogens with zero attached hydrogens (tertiary/aromatic N) is 2. The van der Waals surface area contributed by atoms with Crippen molar-refractivity contribution >= 4 is 12.0 Å². The summed E-state index contributed by atoms with van der Waals surface area (Å²) in [6, 6.07) is 4.07. The maximum absolute atomic E-state index is 10.9. The van der Waals surface area contributed by atoms with Gasteiger partial charge in [-0.15, -0.1) is 0 Å². The van der Waals surface area contributed by atoms with E-state index in [1.54, 1.807) is 0 Å². The molecule has 1 aromatic rings. The van der Waals surface area contributed by atoms with E-state index in [4.69, 9.17) is 4.74 Å². The Morgan fingerprint density at radius 2 is 2.10 bits per heavy atom. The first-order valence-corrected chi connectivity index (χ1v) is 6.79. The molecular formula is C14H18N2O4. The molecule has 1 aromatic carbocycles. The SMILES string of the molecule is O=Cc1cc([N+](=O)[O-])ccc1OCCCN1CCCC1. The second-order valence-corrected chi connectivity index (χ2v) is 4.85. The molecule has 1 aliphatic rings. The molecule has 0 unspecified atom stereocenters. The molecule has 1 saturated heterocycles. The van der Waals surface area contributed by atoms with Crippen LogP contribution in [0.2, 0.25) is 0 Å². The van der Waals surface area contributed by atoms with Crippen molar-refractivity contribution in [2.24, 2.45) is 0 Å². The van der Waals surface area contributed by atoms with Crippen molar-refractivity contribution in [2.45, 2.75) is 19.3 Å². The predicted molar refractivity (Wildman–Crippen MR) is 74.3 cm³/mol. The molecule has 0 aliphatic carbocycles. The number of hydrogen-bond donors (Lipinski definition) is 0. The Morgan fingerprint density at radius 1 is 1.35 bits per heavy atom. The summed E-state index contributed by atoms with van der Waals surface area (Å²) in [5.41, 5.74) is 0.122. The Kier molecular flexibility index (Phi) is 5.06. The lowest BCUT2D eigenvalue weighted by molar-refractivity contribution is -0.384. The van der Waals surface area contributed by atoms with Crippen LogP contribution in [0.15, 0.2) is 18.2 Å². The van der Waals surface area contributed by atoms with E-state index in [2.05, 4.69) is 4.90 Å². The van der Waals surface area contributed by atoms with E-state index >= 15 is 0 Å². The van der Waals surface area contributed by atoms with Crippen molar-refractivity contribution in [2.75, 3.05) is 26.2 Å². The summed E-state index contributed by atoms with van der Waals surface area (Å²) in [4.78, 5) is 23.4. The van der Waals surface area contributed by atoms with Gasteiger partial charge in [0.15, 0.2) is 6.29 Å². The van der Waals surface area contributed by atoms with E-state index in [-0.39, 0.29) is 11.3 Å². The molecule has 20 heavy (non-hydrogen) atoms. The van der Waals surface area contributed by atoms with Crippen LogP contribution in [-0.4, -0.2) is 42.4 Å². The molecule has 108 valence electrons. The maximum Gasteiger partial charge on any atom is 0.270 e. The lowest BCUT2D eigenvalue weighted by Gasteiger charge is -2.14. The van der Waals surface area contributed by atoms with Gasteiger partial charge in [0.1, 0.15) is 5.75 Å². The molecule has 1 fully saturated rings. The average molecular weight is 278 g/mol. The molecule has 0 bridgehead atoms. The van der Waals surface area contributed by atoms with E-state index < -0.39 is 4.92 Å². The first-order valence-electron chi connectivity index (χ1n) is 6.79. The van der Waals surface area contributed by atoms with Crippen molar-refractivity contribution in [3.8, 4) is 5.75 Å². The number of non-ortho nitro benzene ring substituents is 1. The van der Waals surface area contributed by atoms with Gasteiger partial charge in [-0.2, -0.15) is 0 Å². The monoisotopic (exact) mass is 278 g/mol. The number of ether oxygens (including phenoxy) is 1. The number of carbonyl (C=O) groups is 1. The van der Waals surface area contributed by atoms with Crippen molar-refractivity contribution in [3.63, 3.8) is 0 Å². The number of aldehydes is 1. The molecule has 0 radical (unpaired) electrons. The highest BCUT2D eigenvalue weighted by atomic mass is 16.6. The number of nitro benzene ring substituents is 1. The van der Waals surface area contributed by atoms with Gasteiger partial charge in [-0.25, -0.2) is 0 Å². The van der Waals surface area contributed by atoms with Crippen LogP contribution in [0.25, 0.3) is 0 Å². The summed E-state index contributed by atoms with van der Waals surface area (Å²) in [5, 5.41) is 10.6. The summed E-state index contributed by atoms with van der Waals surface area (Å²) in [6.07, 6.45) is 4.00. The first kappa shape index (κ1) is 14.5. The molecule has 0 atom stereocenters. The highest BCUT2D eigenvalue weighted by molar-refractivity contribution is 5.80. The van der Waals surface area contributed by atoms with Gasteiger partial charge in [0.25, 0.3) is 5.69 Å². The lowest BCUT2D eigenvalue weighted by atomic mass is 10.2. The molecule has 1 heterocycles. The van der Waals surface area contributed by atoms with Crippen LogP contribution in [0.1, 0.15) is 29.6 Å². The standard InChI is InChI=1S/C14H18N2O4/c17-11-12-10-13(16(18)19)4-5-14(12)20-9-3-8-15-6-1-2-7-15/h4-5,10-11H,1-3,6-9H2. The number of rotatable bonds is 7. The minimum absolute atomic E-state index is 0.100. The van der Waals surface area contributed by atoms with Gasteiger partial charge in [0, 0.05) is 18.7 Å². The van der Waals surface area contributed by atoms with Gasteiger partial charge in [0.2, 0.25) is 0 Å². The van der Waals surface area contributed by atoms with Gasteiger partial charge < -0.3 is 9.64 Å². The molecule has 0 amide bonds. The minimum atomic E-state index is -0.524. The average Bonchev–Trinajstić information content (AvgIpc) is 2.96. The topological polar surface area (TPSA) is 72.7 Å². The Bertz CT molecular complexity index is 484. The third-order valence-corrected chi connectivity index (χ3v) is 3.41. The number of nitro groups is 1. The third-order valence-electron chi connectivity index (χ3n) is 3.41. The summed E-state index contributed by atoms with van der Waals surface area (Å²) < 4.78 is 5.54. The Hall–Kier alpha value is -1.95. The maximum atomic E-state index is 10.9. The number of hydrogen-bond acceptors (Lipinski definition) is 5. The zero-order valence-corrected chi connectivity index (χ0v) is 11.3. The fourth-order valence-corrected chi connectivity index (χ4v) is 2.35. The van der Waals surface area contributed by atoms with Gasteiger partial charge in [-0.1, -0.05) is 0 Å². The number of carbonyl (C=O) groups excluding carboxylic acids is 1. The molecule has 0 aromatic heterocycles. The highest BCUT2D eigenvalue weighted by Gasteiger charge is 2.12. The van der Waals surface area contributed by atoms with E-state index in [0.29, 0.717) is 18.6 Å². The molecule has 6 heteroatoms. The summed E-state index contributed by atoms with van der Waals surface area (Å²) >= 11 is 0. The van der Waals surface area contributed by atoms with E-state index in [1.807, 2.05) is 0 Å². The van der Waals surface area contributed by atoms with Gasteiger partial charge in [0.05, 0.1) is 17.1 Å². The largest absolute Gasteiger partial charge is 0.493 e. The van der Waals surface area contributed by atoms with Crippen LogP contribution in [-0.2, 0) is 0 Å². The fourth-order valence-electron chi connectivity index (χ4n) is 2.35. The van der Waals surface area contributed by atoms with Crippen molar-refractivity contribution in [1.82, 2.24) is 4.90 Å². The van der Waals surface area contributed by atoms with Crippen molar-refractivity contribution in [1.29, 1.82) is 0 Å². The molecule has 0 N–H and O–H groups in total. The van der Waals surface area contributed by atoms with Crippen LogP contribution in [0.5, 0.6) is 5.75 Å². The third kappa shape index (κ3) is 3.77. The van der Waals surface area contributed by atoms with E-state index in [0.717, 1.165) is 26.1 Å². The van der Waals surface area contributed by atoms with Gasteiger partial charge in [-0.3, -0.25) is 14.9 Å². The number of likely N-dealkylation sites (tertiary alicyclic amines) is 1. The molecular weight excluding hydrogens is 260 g/mol. The smallest absolute Gasteiger partial charge is 0.270 e. The van der Waals surface area contributed by atoms with Crippen LogP contribution >= 0.6 is 0 Å². The zero-order chi connectivity index (χ0) is 14.4. The van der Waals surface area contributed by atoms with E-state index in [9.17, 15) is 14.9 Å². The Labute approximate surface area is 117 Å². The Morgan fingerprint density at radius 3 is 2.75 bits per heavy atom. The summed E-state index contributed by atoms with van der Waals surface area (Å²) in [6.45, 7) is 3.80. The van der Waals surface area contributed by atoms with Gasteiger partial charge in [-0.05, 0) is 38.4 Å². The quantitative estimate of drug-likeness (QED) is 0.331. The minimum Gasteiger partial charge on any atom is -0.493 e. The highest BCUT2D eigenvalue weighted by Crippen LogP contribution is 2.22. The molecule has 2 rings (SSSR count). The molecule has 0 saturated carbocycles. The van der Waals surface area contributed by atoms with Crippen LogP contribution in [0, 0.1) is 10.1 Å². The Balaban J connectivity index is 1.85. The number of benzene rings is 1. The van der Waals surface area contributed by atoms with Crippen LogP contribution in [0.4, 0.5) is 5.69 Å². The van der Waals surface area contributed by atoms with Crippen LogP contribution in [0.3, 0.4) is 0 Å². The summed E-state index contributed by atoms with van der Waals surface area (Å²) in [5.74, 6) is 0.409. The van der Waals surface area contributed by atoms with Crippen LogP contribution < -0.4 is 4.74 Å². The molecule has 1 aliphatic heterocycles. The van der Waals surface area contributed by atoms with E-state index in [1.165, 1.54) is 31.0 Å². The fraction of sp³-hybridized carbons (Fsp3) is 0.500. The van der Waals surface area contributed by atoms with Crippen molar-refractivity contribution < 1.29 is 14.5 Å². The second-order valence-electron chi connectivity index (χ2n) is 4.85. The van der Waals surface area contributed by atoms with Gasteiger partial charge >= 0.3 is 0 Å². The predicted octanol–water partition coefficient (Wildman–Crippen LogP) is 2.27. The normalized spacial score (nSPS) is 15.2. The molecule has 6 nitrogen and oxygen atoms in total. The van der Waals surface area contributed by atoms with Crippen molar-refractivity contribution in [3.05, 3.63) is 33.9 Å². The molecule has 0 spiro atoms. The first-order chi connectivity index (χ1) is 9.70. The zero-order valence-electron chi connectivity index (χ0n) is 11.3. The lowest BCUT2D eigenvalue weighted by Crippen LogP contribution is -2.22.